The number of carboxylic acids is 1. The lowest BCUT2D eigenvalue weighted by atomic mass is 9.99. The summed E-state index contributed by atoms with van der Waals surface area (Å²) in [6, 6.07) is 0.0892. The van der Waals surface area contributed by atoms with Crippen molar-refractivity contribution >= 4 is 12.0 Å². The van der Waals surface area contributed by atoms with E-state index in [1.54, 1.807) is 16.7 Å². The van der Waals surface area contributed by atoms with E-state index in [1.165, 1.54) is 0 Å². The molecule has 2 amide bonds. The Morgan fingerprint density at radius 2 is 1.90 bits per heavy atom. The number of nitrogens with zero attached hydrogens (tertiary/aromatic N) is 3. The van der Waals surface area contributed by atoms with E-state index in [0.29, 0.717) is 13.0 Å². The van der Waals surface area contributed by atoms with Crippen molar-refractivity contribution in [3.63, 3.8) is 0 Å². The van der Waals surface area contributed by atoms with Gasteiger partial charge in [-0.3, -0.25) is 0 Å². The van der Waals surface area contributed by atoms with Gasteiger partial charge in [0.05, 0.1) is 0 Å². The van der Waals surface area contributed by atoms with Crippen LogP contribution in [0.3, 0.4) is 0 Å². The van der Waals surface area contributed by atoms with Crippen molar-refractivity contribution in [3.8, 4) is 0 Å². The van der Waals surface area contributed by atoms with Gasteiger partial charge >= 0.3 is 12.0 Å². The largest absolute Gasteiger partial charge is 0.480 e. The van der Waals surface area contributed by atoms with Gasteiger partial charge in [0.1, 0.15) is 5.54 Å². The maximum absolute atomic E-state index is 12.7. The number of rotatable bonds is 3. The van der Waals surface area contributed by atoms with Crippen LogP contribution in [0.1, 0.15) is 39.5 Å². The van der Waals surface area contributed by atoms with E-state index in [4.69, 9.17) is 0 Å². The highest BCUT2D eigenvalue weighted by molar-refractivity contribution is 5.86. The quantitative estimate of drug-likeness (QED) is 0.856. The van der Waals surface area contributed by atoms with Crippen LogP contribution in [0.5, 0.6) is 0 Å². The number of hydrogen-bond donors (Lipinski definition) is 1. The highest BCUT2D eigenvalue weighted by atomic mass is 16.4. The van der Waals surface area contributed by atoms with Crippen molar-refractivity contribution in [1.29, 1.82) is 0 Å². The molecule has 0 bridgehead atoms. The fourth-order valence-corrected chi connectivity index (χ4v) is 3.46. The minimum atomic E-state index is -1.05. The summed E-state index contributed by atoms with van der Waals surface area (Å²) < 4.78 is 0. The van der Waals surface area contributed by atoms with Gasteiger partial charge in [0.2, 0.25) is 0 Å². The molecule has 6 nitrogen and oxygen atoms in total. The fraction of sp³-hybridized carbons (Fsp3) is 0.867. The first-order chi connectivity index (χ1) is 9.90. The smallest absolute Gasteiger partial charge is 0.329 e. The van der Waals surface area contributed by atoms with E-state index >= 15 is 0 Å². The van der Waals surface area contributed by atoms with Crippen LogP contribution in [0.2, 0.25) is 0 Å². The predicted molar refractivity (Wildman–Crippen MR) is 80.3 cm³/mol. The molecular formula is C15H27N3O3. The zero-order chi connectivity index (χ0) is 15.6. The highest BCUT2D eigenvalue weighted by Crippen LogP contribution is 2.31. The second-order valence-electron chi connectivity index (χ2n) is 6.39. The molecule has 2 rings (SSSR count). The maximum atomic E-state index is 12.7. The van der Waals surface area contributed by atoms with Gasteiger partial charge in [0.15, 0.2) is 0 Å². The molecule has 2 aliphatic rings. The summed E-state index contributed by atoms with van der Waals surface area (Å²) in [7, 11) is 1.81. The van der Waals surface area contributed by atoms with Crippen molar-refractivity contribution < 1.29 is 14.7 Å². The van der Waals surface area contributed by atoms with Gasteiger partial charge in [-0.2, -0.15) is 0 Å². The topological polar surface area (TPSA) is 64.1 Å². The number of hydrogen-bond acceptors (Lipinski definition) is 3. The number of carbonyl (C=O) groups excluding carboxylic acids is 1. The predicted octanol–water partition coefficient (Wildman–Crippen LogP) is 1.46. The normalized spacial score (nSPS) is 27.9. The molecule has 1 N–H and O–H groups in total. The summed E-state index contributed by atoms with van der Waals surface area (Å²) in [5, 5.41) is 9.43. The van der Waals surface area contributed by atoms with Crippen LogP contribution in [0.15, 0.2) is 0 Å². The summed E-state index contributed by atoms with van der Waals surface area (Å²) >= 11 is 0. The summed E-state index contributed by atoms with van der Waals surface area (Å²) in [4.78, 5) is 29.9. The van der Waals surface area contributed by atoms with Crippen molar-refractivity contribution in [2.75, 3.05) is 33.2 Å². The molecule has 2 fully saturated rings. The van der Waals surface area contributed by atoms with Crippen LogP contribution in [-0.2, 0) is 4.79 Å². The molecule has 2 saturated heterocycles. The van der Waals surface area contributed by atoms with Gasteiger partial charge in [-0.05, 0) is 39.2 Å². The van der Waals surface area contributed by atoms with Crippen molar-refractivity contribution in [2.24, 2.45) is 0 Å². The zero-order valence-corrected chi connectivity index (χ0v) is 13.3. The standard InChI is InChI=1S/C15H27N3O3/c1-4-17-10-6-12(7-11-17)16(3)14(21)18-9-5-8-15(18,2)13(19)20/h12H,4-11H2,1-3H3,(H,19,20). The molecule has 0 aliphatic carbocycles. The van der Waals surface area contributed by atoms with Gasteiger partial charge in [-0.1, -0.05) is 6.92 Å². The van der Waals surface area contributed by atoms with Crippen molar-refractivity contribution in [1.82, 2.24) is 14.7 Å². The van der Waals surface area contributed by atoms with E-state index in [-0.39, 0.29) is 12.1 Å². The Hall–Kier alpha value is -1.30. The first-order valence-electron chi connectivity index (χ1n) is 7.90. The Morgan fingerprint density at radius 1 is 1.29 bits per heavy atom. The van der Waals surface area contributed by atoms with Gasteiger partial charge < -0.3 is 19.8 Å². The molecule has 0 aromatic heterocycles. The SMILES string of the molecule is CCN1CCC(N(C)C(=O)N2CCCC2(C)C(=O)O)CC1. The number of carboxylic acid groups (broad SMARTS) is 1. The maximum Gasteiger partial charge on any atom is 0.329 e. The second-order valence-corrected chi connectivity index (χ2v) is 6.39. The third kappa shape index (κ3) is 3.00. The molecule has 0 aromatic carbocycles. The van der Waals surface area contributed by atoms with Gasteiger partial charge in [0, 0.05) is 32.7 Å². The minimum Gasteiger partial charge on any atom is -0.480 e. The van der Waals surface area contributed by atoms with Gasteiger partial charge in [0.25, 0.3) is 0 Å². The molecule has 0 spiro atoms. The number of carbonyl (C=O) groups is 2. The van der Waals surface area contributed by atoms with E-state index < -0.39 is 11.5 Å². The Morgan fingerprint density at radius 3 is 2.43 bits per heavy atom. The molecule has 0 radical (unpaired) electrons. The molecular weight excluding hydrogens is 270 g/mol. The molecule has 0 aromatic rings. The molecule has 120 valence electrons. The average Bonchev–Trinajstić information content (AvgIpc) is 2.89. The molecule has 1 atom stereocenters. The minimum absolute atomic E-state index is 0.132. The van der Waals surface area contributed by atoms with E-state index in [0.717, 1.165) is 38.9 Å². The monoisotopic (exact) mass is 297 g/mol. The lowest BCUT2D eigenvalue weighted by molar-refractivity contribution is -0.147. The highest BCUT2D eigenvalue weighted by Gasteiger charge is 2.47. The lowest BCUT2D eigenvalue weighted by Crippen LogP contribution is -2.57. The van der Waals surface area contributed by atoms with Crippen molar-refractivity contribution in [3.05, 3.63) is 0 Å². The first kappa shape index (κ1) is 16.1. The molecule has 6 heteroatoms. The van der Waals surface area contributed by atoms with E-state index in [2.05, 4.69) is 11.8 Å². The molecule has 0 saturated carbocycles. The molecule has 21 heavy (non-hydrogen) atoms. The number of amides is 2. The van der Waals surface area contributed by atoms with Crippen LogP contribution in [0.4, 0.5) is 4.79 Å². The van der Waals surface area contributed by atoms with Gasteiger partial charge in [-0.15, -0.1) is 0 Å². The fourth-order valence-electron chi connectivity index (χ4n) is 3.46. The molecule has 2 aliphatic heterocycles. The summed E-state index contributed by atoms with van der Waals surface area (Å²) in [5.41, 5.74) is -1.05. The summed E-state index contributed by atoms with van der Waals surface area (Å²) in [6.07, 6.45) is 3.23. The number of piperidine rings is 1. The van der Waals surface area contributed by atoms with E-state index in [9.17, 15) is 14.7 Å². The first-order valence-corrected chi connectivity index (χ1v) is 7.90. The van der Waals surface area contributed by atoms with Gasteiger partial charge in [-0.25, -0.2) is 9.59 Å². The number of likely N-dealkylation sites (tertiary alicyclic amines) is 2. The molecule has 2 heterocycles. The second kappa shape index (κ2) is 6.22. The summed E-state index contributed by atoms with van der Waals surface area (Å²) in [6.45, 7) is 7.42. The lowest BCUT2D eigenvalue weighted by Gasteiger charge is -2.40. The van der Waals surface area contributed by atoms with Crippen LogP contribution in [0, 0.1) is 0 Å². The van der Waals surface area contributed by atoms with Crippen LogP contribution >= 0.6 is 0 Å². The summed E-state index contributed by atoms with van der Waals surface area (Å²) in [5.74, 6) is -0.900. The van der Waals surface area contributed by atoms with Crippen molar-refractivity contribution in [2.45, 2.75) is 51.1 Å². The third-order valence-electron chi connectivity index (χ3n) is 5.19. The van der Waals surface area contributed by atoms with Crippen LogP contribution in [0.25, 0.3) is 0 Å². The Kier molecular flexibility index (Phi) is 4.76. The average molecular weight is 297 g/mol. The Bertz CT molecular complexity index is 407. The van der Waals surface area contributed by atoms with Crippen LogP contribution in [-0.4, -0.2) is 76.6 Å². The number of urea groups is 1. The Labute approximate surface area is 126 Å². The third-order valence-corrected chi connectivity index (χ3v) is 5.19. The number of aliphatic carboxylic acids is 1. The zero-order valence-electron chi connectivity index (χ0n) is 13.3. The van der Waals surface area contributed by atoms with E-state index in [1.807, 2.05) is 7.05 Å². The Balaban J connectivity index is 2.01. The molecule has 1 unspecified atom stereocenters. The van der Waals surface area contributed by atoms with Crippen LogP contribution < -0.4 is 0 Å².